The van der Waals surface area contributed by atoms with E-state index in [0.717, 1.165) is 29.7 Å². The summed E-state index contributed by atoms with van der Waals surface area (Å²) < 4.78 is 1.69. The summed E-state index contributed by atoms with van der Waals surface area (Å²) in [6, 6.07) is 18.1. The Morgan fingerprint density at radius 1 is 1.11 bits per heavy atom. The van der Waals surface area contributed by atoms with Gasteiger partial charge in [-0.25, -0.2) is 0 Å². The largest absolute Gasteiger partial charge is 0.301 e. The summed E-state index contributed by atoms with van der Waals surface area (Å²) in [5.41, 5.74) is 5.85. The van der Waals surface area contributed by atoms with Crippen LogP contribution in [0.5, 0.6) is 0 Å². The topological polar surface area (TPSA) is 53.9 Å². The first-order valence-electron chi connectivity index (χ1n) is 9.11. The summed E-state index contributed by atoms with van der Waals surface area (Å²) in [5.74, 6) is 0.299. The van der Waals surface area contributed by atoms with Gasteiger partial charge in [0.05, 0.1) is 11.7 Å². The van der Waals surface area contributed by atoms with Gasteiger partial charge in [0, 0.05) is 42.3 Å². The average molecular weight is 356 g/mol. The van der Waals surface area contributed by atoms with Crippen LogP contribution in [-0.4, -0.2) is 33.3 Å². The van der Waals surface area contributed by atoms with Gasteiger partial charge >= 0.3 is 0 Å². The van der Waals surface area contributed by atoms with E-state index in [9.17, 15) is 4.79 Å². The molecule has 1 aliphatic heterocycles. The van der Waals surface area contributed by atoms with E-state index in [1.807, 2.05) is 24.5 Å². The minimum absolute atomic E-state index is 0.0112. The highest BCUT2D eigenvalue weighted by atomic mass is 16.1. The molecule has 0 radical (unpaired) electrons. The van der Waals surface area contributed by atoms with Crippen LogP contribution in [-0.2, 0) is 6.54 Å². The zero-order valence-electron chi connectivity index (χ0n) is 15.1. The Morgan fingerprint density at radius 2 is 2.04 bits per heavy atom. The molecule has 0 bridgehead atoms. The monoisotopic (exact) mass is 356 g/mol. The number of H-pyrrole nitrogens is 1. The summed E-state index contributed by atoms with van der Waals surface area (Å²) in [4.78, 5) is 14.5. The third-order valence-corrected chi connectivity index (χ3v) is 5.41. The van der Waals surface area contributed by atoms with E-state index in [1.165, 1.54) is 16.7 Å². The third kappa shape index (κ3) is 2.76. The third-order valence-electron chi connectivity index (χ3n) is 5.41. The first kappa shape index (κ1) is 16.0. The Balaban J connectivity index is 1.61. The molecule has 2 aromatic carbocycles. The molecule has 0 saturated carbocycles. The van der Waals surface area contributed by atoms with E-state index in [1.54, 1.807) is 16.7 Å². The number of pyridine rings is 1. The second-order valence-corrected chi connectivity index (χ2v) is 7.26. The van der Waals surface area contributed by atoms with E-state index < -0.39 is 0 Å². The number of rotatable bonds is 2. The van der Waals surface area contributed by atoms with E-state index in [2.05, 4.69) is 52.5 Å². The lowest BCUT2D eigenvalue weighted by atomic mass is 9.84. The number of aromatic nitrogens is 3. The molecule has 1 unspecified atom stereocenters. The van der Waals surface area contributed by atoms with Gasteiger partial charge in [-0.2, -0.15) is 5.10 Å². The normalized spacial score (nSPS) is 17.1. The lowest BCUT2D eigenvalue weighted by Crippen LogP contribution is -2.31. The molecular weight excluding hydrogens is 336 g/mol. The predicted octanol–water partition coefficient (Wildman–Crippen LogP) is 3.29. The van der Waals surface area contributed by atoms with Crippen molar-refractivity contribution in [1.29, 1.82) is 0 Å². The van der Waals surface area contributed by atoms with E-state index in [4.69, 9.17) is 0 Å². The lowest BCUT2D eigenvalue weighted by molar-refractivity contribution is 0.295. The maximum atomic E-state index is 12.2. The molecule has 0 amide bonds. The number of aromatic amines is 1. The van der Waals surface area contributed by atoms with Crippen LogP contribution < -0.4 is 5.56 Å². The molecule has 27 heavy (non-hydrogen) atoms. The first-order valence-corrected chi connectivity index (χ1v) is 9.11. The van der Waals surface area contributed by atoms with Crippen LogP contribution in [0.2, 0.25) is 0 Å². The quantitative estimate of drug-likeness (QED) is 0.600. The van der Waals surface area contributed by atoms with E-state index >= 15 is 0 Å². The summed E-state index contributed by atoms with van der Waals surface area (Å²) >= 11 is 0. The van der Waals surface area contributed by atoms with E-state index in [0.29, 0.717) is 5.92 Å². The Kier molecular flexibility index (Phi) is 3.69. The highest BCUT2D eigenvalue weighted by molar-refractivity contribution is 5.78. The Hall–Kier alpha value is -3.18. The highest BCUT2D eigenvalue weighted by Crippen LogP contribution is 2.34. The molecule has 5 nitrogen and oxygen atoms in total. The van der Waals surface area contributed by atoms with Gasteiger partial charge in [-0.3, -0.25) is 14.5 Å². The van der Waals surface area contributed by atoms with Crippen LogP contribution >= 0.6 is 0 Å². The maximum Gasteiger partial charge on any atom is 0.255 e. The molecule has 0 fully saturated rings. The first-order chi connectivity index (χ1) is 13.2. The maximum absolute atomic E-state index is 12.2. The summed E-state index contributed by atoms with van der Waals surface area (Å²) in [7, 11) is 2.14. The zero-order chi connectivity index (χ0) is 18.4. The van der Waals surface area contributed by atoms with Crippen molar-refractivity contribution in [3.63, 3.8) is 0 Å². The Morgan fingerprint density at radius 3 is 2.93 bits per heavy atom. The standard InChI is InChI=1S/C22H20N4O/c1-25-13-17-10-18(26-9-3-2-4-22(26)27)7-8-19(17)20(14-25)15-5-6-16-12-23-24-21(16)11-15/h2-12,20H,13-14H2,1H3,(H,23,24). The molecular formula is C22H20N4O. The molecule has 134 valence electrons. The number of hydrogen-bond acceptors (Lipinski definition) is 3. The van der Waals surface area contributed by atoms with Gasteiger partial charge in [0.2, 0.25) is 0 Å². The average Bonchev–Trinajstić information content (AvgIpc) is 3.15. The SMILES string of the molecule is CN1Cc2cc(-n3ccccc3=O)ccc2C(c2ccc3cn[nH]c3c2)C1. The summed E-state index contributed by atoms with van der Waals surface area (Å²) in [6.45, 7) is 1.85. The fourth-order valence-corrected chi connectivity index (χ4v) is 4.08. The molecule has 1 N–H and O–H groups in total. The molecule has 0 saturated heterocycles. The van der Waals surface area contributed by atoms with Crippen molar-refractivity contribution < 1.29 is 0 Å². The van der Waals surface area contributed by atoms with Crippen LogP contribution in [0.3, 0.4) is 0 Å². The Labute approximate surface area is 156 Å². The van der Waals surface area contributed by atoms with Gasteiger partial charge in [0.15, 0.2) is 0 Å². The highest BCUT2D eigenvalue weighted by Gasteiger charge is 2.25. The van der Waals surface area contributed by atoms with Crippen LogP contribution in [0, 0.1) is 0 Å². The number of nitrogens with one attached hydrogen (secondary N) is 1. The number of hydrogen-bond donors (Lipinski definition) is 1. The summed E-state index contributed by atoms with van der Waals surface area (Å²) in [5, 5.41) is 8.33. The molecule has 3 heterocycles. The van der Waals surface area contributed by atoms with Gasteiger partial charge in [-0.15, -0.1) is 0 Å². The Bertz CT molecular complexity index is 1190. The minimum atomic E-state index is -0.0112. The van der Waals surface area contributed by atoms with Crippen molar-refractivity contribution >= 4 is 10.9 Å². The van der Waals surface area contributed by atoms with Crippen LogP contribution in [0.4, 0.5) is 0 Å². The predicted molar refractivity (Wildman–Crippen MR) is 106 cm³/mol. The number of likely N-dealkylation sites (N-methyl/N-ethyl adjacent to an activating group) is 1. The molecule has 4 aromatic rings. The lowest BCUT2D eigenvalue weighted by Gasteiger charge is -2.33. The number of fused-ring (bicyclic) bond motifs is 2. The smallest absolute Gasteiger partial charge is 0.255 e. The molecule has 0 spiro atoms. The zero-order valence-corrected chi connectivity index (χ0v) is 15.1. The molecule has 1 atom stereocenters. The van der Waals surface area contributed by atoms with Crippen molar-refractivity contribution in [2.24, 2.45) is 0 Å². The molecule has 5 rings (SSSR count). The minimum Gasteiger partial charge on any atom is -0.301 e. The molecule has 0 aliphatic carbocycles. The second-order valence-electron chi connectivity index (χ2n) is 7.26. The van der Waals surface area contributed by atoms with Crippen molar-refractivity contribution in [3.8, 4) is 5.69 Å². The number of nitrogens with zero attached hydrogens (tertiary/aromatic N) is 3. The number of benzene rings is 2. The second kappa shape index (κ2) is 6.21. The van der Waals surface area contributed by atoms with Crippen molar-refractivity contribution in [2.75, 3.05) is 13.6 Å². The van der Waals surface area contributed by atoms with Crippen molar-refractivity contribution in [3.05, 3.63) is 94.0 Å². The van der Waals surface area contributed by atoms with Gasteiger partial charge in [-0.1, -0.05) is 24.3 Å². The summed E-state index contributed by atoms with van der Waals surface area (Å²) in [6.07, 6.45) is 3.67. The van der Waals surface area contributed by atoms with Crippen molar-refractivity contribution in [2.45, 2.75) is 12.5 Å². The van der Waals surface area contributed by atoms with Gasteiger partial charge in [0.1, 0.15) is 0 Å². The van der Waals surface area contributed by atoms with Gasteiger partial charge < -0.3 is 4.90 Å². The fraction of sp³-hybridized carbons (Fsp3) is 0.182. The van der Waals surface area contributed by atoms with Crippen LogP contribution in [0.25, 0.3) is 16.6 Å². The van der Waals surface area contributed by atoms with Crippen LogP contribution in [0.1, 0.15) is 22.6 Å². The molecule has 1 aliphatic rings. The molecule has 5 heteroatoms. The van der Waals surface area contributed by atoms with Crippen molar-refractivity contribution in [1.82, 2.24) is 19.7 Å². The van der Waals surface area contributed by atoms with Gasteiger partial charge in [0.25, 0.3) is 5.56 Å². The molecule has 2 aromatic heterocycles. The van der Waals surface area contributed by atoms with Crippen LogP contribution in [0.15, 0.2) is 71.8 Å². The fourth-order valence-electron chi connectivity index (χ4n) is 4.08. The van der Waals surface area contributed by atoms with Gasteiger partial charge in [-0.05, 0) is 48.0 Å². The van der Waals surface area contributed by atoms with E-state index in [-0.39, 0.29) is 5.56 Å².